The van der Waals surface area contributed by atoms with Crippen molar-refractivity contribution in [1.29, 1.82) is 0 Å². The second kappa shape index (κ2) is 9.23. The molecule has 7 nitrogen and oxygen atoms in total. The predicted octanol–water partition coefficient (Wildman–Crippen LogP) is 2.87. The van der Waals surface area contributed by atoms with Gasteiger partial charge in [0.05, 0.1) is 30.5 Å². The second-order valence-corrected chi connectivity index (χ2v) is 6.41. The van der Waals surface area contributed by atoms with Crippen LogP contribution in [0.4, 0.5) is 4.79 Å². The predicted molar refractivity (Wildman–Crippen MR) is 104 cm³/mol. The van der Waals surface area contributed by atoms with E-state index in [1.54, 1.807) is 13.2 Å². The first-order chi connectivity index (χ1) is 13.6. The van der Waals surface area contributed by atoms with Gasteiger partial charge in [0.1, 0.15) is 5.76 Å². The molecular formula is C21H25N3O4. The lowest BCUT2D eigenvalue weighted by atomic mass is 9.99. The zero-order valence-corrected chi connectivity index (χ0v) is 16.0. The summed E-state index contributed by atoms with van der Waals surface area (Å²) in [5.41, 5.74) is 1.98. The van der Waals surface area contributed by atoms with Crippen LogP contribution >= 0.6 is 0 Å². The Kier molecular flexibility index (Phi) is 6.49. The molecule has 1 aromatic heterocycles. The van der Waals surface area contributed by atoms with Crippen molar-refractivity contribution < 1.29 is 18.7 Å². The zero-order chi connectivity index (χ0) is 19.9. The van der Waals surface area contributed by atoms with Crippen molar-refractivity contribution in [2.75, 3.05) is 13.2 Å². The molecule has 0 spiro atoms. The number of urea groups is 1. The van der Waals surface area contributed by atoms with E-state index < -0.39 is 5.97 Å². The van der Waals surface area contributed by atoms with Gasteiger partial charge < -0.3 is 19.8 Å². The third kappa shape index (κ3) is 4.43. The Hall–Kier alpha value is -3.06. The van der Waals surface area contributed by atoms with Crippen LogP contribution < -0.4 is 16.0 Å². The Labute approximate surface area is 164 Å². The lowest BCUT2D eigenvalue weighted by molar-refractivity contribution is -0.139. The number of carbonyl (C=O) groups is 2. The van der Waals surface area contributed by atoms with E-state index in [0.29, 0.717) is 17.7 Å². The standard InChI is InChI=1S/C21H25N3O4/c1-3-15-18(20(25)27-4-2)16(24-21(26)23-15)13-22-19(17-11-8-12-28-17)14-9-6-5-7-10-14/h5-12,15,19,22H,3-4,13H2,1-2H3,(H2,23,24,26)/t15-,19+/m1/s1. The van der Waals surface area contributed by atoms with Crippen molar-refractivity contribution in [3.8, 4) is 0 Å². The van der Waals surface area contributed by atoms with Crippen LogP contribution in [0.3, 0.4) is 0 Å². The Balaban J connectivity index is 1.89. The molecule has 2 aromatic rings. The minimum atomic E-state index is -0.423. The van der Waals surface area contributed by atoms with Gasteiger partial charge in [-0.05, 0) is 31.0 Å². The lowest BCUT2D eigenvalue weighted by Crippen LogP contribution is -2.52. The van der Waals surface area contributed by atoms with Gasteiger partial charge in [0.2, 0.25) is 0 Å². The number of rotatable bonds is 8. The van der Waals surface area contributed by atoms with E-state index in [1.807, 2.05) is 49.4 Å². The molecule has 0 radical (unpaired) electrons. The van der Waals surface area contributed by atoms with Crippen molar-refractivity contribution >= 4 is 12.0 Å². The Morgan fingerprint density at radius 1 is 1.21 bits per heavy atom. The van der Waals surface area contributed by atoms with Gasteiger partial charge in [-0.25, -0.2) is 9.59 Å². The molecule has 0 aliphatic carbocycles. The number of esters is 1. The summed E-state index contributed by atoms with van der Waals surface area (Å²) in [7, 11) is 0. The fraction of sp³-hybridized carbons (Fsp3) is 0.333. The lowest BCUT2D eigenvalue weighted by Gasteiger charge is -2.29. The minimum Gasteiger partial charge on any atom is -0.467 e. The Bertz CT molecular complexity index is 831. The van der Waals surface area contributed by atoms with E-state index >= 15 is 0 Å². The maximum Gasteiger partial charge on any atom is 0.337 e. The monoisotopic (exact) mass is 383 g/mol. The maximum absolute atomic E-state index is 12.5. The maximum atomic E-state index is 12.5. The molecule has 2 heterocycles. The summed E-state index contributed by atoms with van der Waals surface area (Å²) >= 11 is 0. The summed E-state index contributed by atoms with van der Waals surface area (Å²) in [4.78, 5) is 24.6. The highest BCUT2D eigenvalue weighted by molar-refractivity contribution is 5.94. The quantitative estimate of drug-likeness (QED) is 0.610. The summed E-state index contributed by atoms with van der Waals surface area (Å²) in [6, 6.07) is 12.6. The molecule has 0 bridgehead atoms. The number of furan rings is 1. The van der Waals surface area contributed by atoms with Gasteiger partial charge in [0, 0.05) is 12.2 Å². The van der Waals surface area contributed by atoms with Crippen LogP contribution in [-0.4, -0.2) is 31.2 Å². The molecule has 0 fully saturated rings. The van der Waals surface area contributed by atoms with Crippen molar-refractivity contribution in [3.63, 3.8) is 0 Å². The number of hydrogen-bond donors (Lipinski definition) is 3. The van der Waals surface area contributed by atoms with Gasteiger partial charge in [-0.2, -0.15) is 0 Å². The molecule has 2 amide bonds. The highest BCUT2D eigenvalue weighted by Gasteiger charge is 2.31. The van der Waals surface area contributed by atoms with Gasteiger partial charge in [-0.1, -0.05) is 37.3 Å². The second-order valence-electron chi connectivity index (χ2n) is 6.41. The van der Waals surface area contributed by atoms with E-state index in [9.17, 15) is 9.59 Å². The SMILES string of the molecule is CCOC(=O)C1=C(CN[C@@H](c2ccccc2)c2ccco2)NC(=O)N[C@@H]1CC. The summed E-state index contributed by atoms with van der Waals surface area (Å²) in [6.07, 6.45) is 2.21. The number of carbonyl (C=O) groups excluding carboxylic acids is 2. The van der Waals surface area contributed by atoms with Crippen molar-refractivity contribution in [3.05, 3.63) is 71.3 Å². The third-order valence-corrected chi connectivity index (χ3v) is 4.59. The number of hydrogen-bond acceptors (Lipinski definition) is 5. The molecule has 148 valence electrons. The molecule has 7 heteroatoms. The smallest absolute Gasteiger partial charge is 0.337 e. The van der Waals surface area contributed by atoms with Crippen LogP contribution in [0, 0.1) is 0 Å². The van der Waals surface area contributed by atoms with Crippen LogP contribution in [0.15, 0.2) is 64.4 Å². The molecule has 2 atom stereocenters. The summed E-state index contributed by atoms with van der Waals surface area (Å²) in [5.74, 6) is 0.324. The van der Waals surface area contributed by atoms with E-state index in [-0.39, 0.29) is 31.3 Å². The average Bonchev–Trinajstić information content (AvgIpc) is 3.23. The molecule has 0 saturated carbocycles. The number of nitrogens with one attached hydrogen (secondary N) is 3. The topological polar surface area (TPSA) is 92.6 Å². The third-order valence-electron chi connectivity index (χ3n) is 4.59. The Morgan fingerprint density at radius 2 is 2.00 bits per heavy atom. The molecule has 1 aromatic carbocycles. The fourth-order valence-corrected chi connectivity index (χ4v) is 3.29. The van der Waals surface area contributed by atoms with E-state index in [2.05, 4.69) is 16.0 Å². The first kappa shape index (κ1) is 19.7. The Morgan fingerprint density at radius 3 is 2.64 bits per heavy atom. The summed E-state index contributed by atoms with van der Waals surface area (Å²) in [6.45, 7) is 4.22. The van der Waals surface area contributed by atoms with Crippen LogP contribution in [0.5, 0.6) is 0 Å². The van der Waals surface area contributed by atoms with Gasteiger partial charge in [0.15, 0.2) is 0 Å². The van der Waals surface area contributed by atoms with Crippen LogP contribution in [0.1, 0.15) is 37.6 Å². The molecule has 3 rings (SSSR count). The van der Waals surface area contributed by atoms with E-state index in [0.717, 1.165) is 11.3 Å². The molecule has 1 aliphatic heterocycles. The zero-order valence-electron chi connectivity index (χ0n) is 16.0. The van der Waals surface area contributed by atoms with Gasteiger partial charge in [0.25, 0.3) is 0 Å². The molecular weight excluding hydrogens is 358 g/mol. The molecule has 3 N–H and O–H groups in total. The minimum absolute atomic E-state index is 0.223. The summed E-state index contributed by atoms with van der Waals surface area (Å²) < 4.78 is 10.8. The molecule has 28 heavy (non-hydrogen) atoms. The van der Waals surface area contributed by atoms with Crippen LogP contribution in [-0.2, 0) is 9.53 Å². The molecule has 1 aliphatic rings. The summed E-state index contributed by atoms with van der Waals surface area (Å²) in [5, 5.41) is 8.93. The van der Waals surface area contributed by atoms with Gasteiger partial charge in [-0.15, -0.1) is 0 Å². The fourth-order valence-electron chi connectivity index (χ4n) is 3.29. The highest BCUT2D eigenvalue weighted by atomic mass is 16.5. The van der Waals surface area contributed by atoms with Crippen molar-refractivity contribution in [1.82, 2.24) is 16.0 Å². The first-order valence-corrected chi connectivity index (χ1v) is 9.43. The number of amides is 2. The van der Waals surface area contributed by atoms with Crippen molar-refractivity contribution in [2.45, 2.75) is 32.4 Å². The van der Waals surface area contributed by atoms with E-state index in [4.69, 9.17) is 9.15 Å². The van der Waals surface area contributed by atoms with E-state index in [1.165, 1.54) is 0 Å². The van der Waals surface area contributed by atoms with Crippen LogP contribution in [0.25, 0.3) is 0 Å². The molecule has 0 unspecified atom stereocenters. The largest absolute Gasteiger partial charge is 0.467 e. The van der Waals surface area contributed by atoms with Crippen molar-refractivity contribution in [2.24, 2.45) is 0 Å². The highest BCUT2D eigenvalue weighted by Crippen LogP contribution is 2.23. The number of benzene rings is 1. The van der Waals surface area contributed by atoms with Gasteiger partial charge >= 0.3 is 12.0 Å². The first-order valence-electron chi connectivity index (χ1n) is 9.43. The normalized spacial score (nSPS) is 17.6. The molecule has 0 saturated heterocycles. The number of ether oxygens (including phenoxy) is 1. The average molecular weight is 383 g/mol. The van der Waals surface area contributed by atoms with Crippen LogP contribution in [0.2, 0.25) is 0 Å². The van der Waals surface area contributed by atoms with Gasteiger partial charge in [-0.3, -0.25) is 5.32 Å².